The predicted octanol–water partition coefficient (Wildman–Crippen LogP) is 1.54. The first-order valence-electron chi connectivity index (χ1n) is 7.60. The minimum atomic E-state index is -0.314. The lowest BCUT2D eigenvalue weighted by atomic mass is 9.93. The van der Waals surface area contributed by atoms with E-state index >= 15 is 0 Å². The Kier molecular flexibility index (Phi) is 5.78. The highest BCUT2D eigenvalue weighted by atomic mass is 16.3. The number of benzene rings is 1. The summed E-state index contributed by atoms with van der Waals surface area (Å²) in [4.78, 5) is 13.6. The minimum absolute atomic E-state index is 0.0965. The van der Waals surface area contributed by atoms with E-state index in [4.69, 9.17) is 10.2 Å². The Hall–Kier alpha value is -2.57. The van der Waals surface area contributed by atoms with Crippen LogP contribution in [0.2, 0.25) is 0 Å². The summed E-state index contributed by atoms with van der Waals surface area (Å²) in [5.41, 5.74) is 1.63. The number of phenols is 1. The van der Waals surface area contributed by atoms with Gasteiger partial charge in [0.25, 0.3) is 0 Å². The lowest BCUT2D eigenvalue weighted by molar-refractivity contribution is -0.111. The SMILES string of the molecule is C=C1C=CC(=O)C(=C(O)c2ccc(N(CCO)CCO)cc2O)C1. The quantitative estimate of drug-likeness (QED) is 0.466. The maximum Gasteiger partial charge on any atom is 0.185 e. The first-order valence-corrected chi connectivity index (χ1v) is 7.60. The Bertz CT molecular complexity index is 699. The number of aromatic hydroxyl groups is 1. The van der Waals surface area contributed by atoms with Gasteiger partial charge < -0.3 is 25.3 Å². The van der Waals surface area contributed by atoms with E-state index < -0.39 is 0 Å². The second-order valence-corrected chi connectivity index (χ2v) is 5.50. The summed E-state index contributed by atoms with van der Waals surface area (Å²) in [5.74, 6) is -0.776. The first kappa shape index (κ1) is 17.8. The summed E-state index contributed by atoms with van der Waals surface area (Å²) in [6, 6.07) is 4.58. The van der Waals surface area contributed by atoms with Crippen molar-refractivity contribution in [3.8, 4) is 5.75 Å². The third-order valence-corrected chi connectivity index (χ3v) is 3.80. The van der Waals surface area contributed by atoms with Gasteiger partial charge >= 0.3 is 0 Å². The molecule has 0 radical (unpaired) electrons. The molecule has 4 N–H and O–H groups in total. The van der Waals surface area contributed by atoms with Gasteiger partial charge in [-0.05, 0) is 18.2 Å². The van der Waals surface area contributed by atoms with Crippen LogP contribution < -0.4 is 4.90 Å². The molecule has 1 aromatic carbocycles. The van der Waals surface area contributed by atoms with Crippen molar-refractivity contribution in [2.75, 3.05) is 31.2 Å². The summed E-state index contributed by atoms with van der Waals surface area (Å²) >= 11 is 0. The molecule has 1 aliphatic carbocycles. The van der Waals surface area contributed by atoms with Gasteiger partial charge in [0.05, 0.1) is 18.8 Å². The number of carbonyl (C=O) groups is 1. The van der Waals surface area contributed by atoms with E-state index in [1.807, 2.05) is 0 Å². The van der Waals surface area contributed by atoms with Crippen LogP contribution in [0.1, 0.15) is 12.0 Å². The fraction of sp³-hybridized carbons (Fsp3) is 0.278. The van der Waals surface area contributed by atoms with Gasteiger partial charge in [0.15, 0.2) is 5.78 Å². The monoisotopic (exact) mass is 331 g/mol. The molecular formula is C18H21NO5. The van der Waals surface area contributed by atoms with Gasteiger partial charge in [-0.3, -0.25) is 4.79 Å². The van der Waals surface area contributed by atoms with Crippen LogP contribution in [0, 0.1) is 0 Å². The number of aliphatic hydroxyl groups is 3. The molecule has 6 nitrogen and oxygen atoms in total. The molecule has 128 valence electrons. The van der Waals surface area contributed by atoms with Crippen LogP contribution in [-0.2, 0) is 4.79 Å². The van der Waals surface area contributed by atoms with Crippen molar-refractivity contribution in [1.29, 1.82) is 0 Å². The zero-order valence-corrected chi connectivity index (χ0v) is 13.3. The standard InChI is InChI=1S/C18H21NO5/c1-12-2-5-16(22)15(10-12)18(24)14-4-3-13(11-17(14)23)19(6-8-20)7-9-21/h2-5,11,20-21,23-24H,1,6-10H2. The number of nitrogens with zero attached hydrogens (tertiary/aromatic N) is 1. The van der Waals surface area contributed by atoms with E-state index in [1.54, 1.807) is 17.0 Å². The zero-order valence-electron chi connectivity index (χ0n) is 13.3. The molecule has 0 amide bonds. The largest absolute Gasteiger partial charge is 0.507 e. The summed E-state index contributed by atoms with van der Waals surface area (Å²) in [6.45, 7) is 4.18. The highest BCUT2D eigenvalue weighted by Gasteiger charge is 2.20. The van der Waals surface area contributed by atoms with Gasteiger partial charge in [-0.2, -0.15) is 0 Å². The summed E-state index contributed by atoms with van der Waals surface area (Å²) in [6.07, 6.45) is 3.17. The highest BCUT2D eigenvalue weighted by molar-refractivity contribution is 6.10. The average Bonchev–Trinajstić information content (AvgIpc) is 2.56. The van der Waals surface area contributed by atoms with Crippen LogP contribution in [0.15, 0.2) is 48.1 Å². The highest BCUT2D eigenvalue weighted by Crippen LogP contribution is 2.33. The van der Waals surface area contributed by atoms with Gasteiger partial charge in [0, 0.05) is 36.8 Å². The number of hydrogen-bond donors (Lipinski definition) is 4. The molecule has 0 spiro atoms. The van der Waals surface area contributed by atoms with E-state index in [0.29, 0.717) is 24.4 Å². The van der Waals surface area contributed by atoms with Gasteiger partial charge in [-0.15, -0.1) is 0 Å². The van der Waals surface area contributed by atoms with Crippen molar-refractivity contribution in [3.63, 3.8) is 0 Å². The molecule has 0 bridgehead atoms. The molecule has 2 rings (SSSR count). The number of carbonyl (C=O) groups excluding carboxylic acids is 1. The van der Waals surface area contributed by atoms with Crippen LogP contribution in [0.25, 0.3) is 5.76 Å². The maximum atomic E-state index is 11.9. The van der Waals surface area contributed by atoms with Crippen LogP contribution in [0.5, 0.6) is 5.75 Å². The number of aliphatic hydroxyl groups excluding tert-OH is 3. The van der Waals surface area contributed by atoms with Crippen molar-refractivity contribution < 1.29 is 25.2 Å². The summed E-state index contributed by atoms with van der Waals surface area (Å²) < 4.78 is 0. The van der Waals surface area contributed by atoms with Crippen molar-refractivity contribution in [2.24, 2.45) is 0 Å². The van der Waals surface area contributed by atoms with Crippen molar-refractivity contribution in [2.45, 2.75) is 6.42 Å². The smallest absolute Gasteiger partial charge is 0.185 e. The van der Waals surface area contributed by atoms with Gasteiger partial charge in [-0.1, -0.05) is 18.2 Å². The van der Waals surface area contributed by atoms with Gasteiger partial charge in [0.1, 0.15) is 11.5 Å². The number of phenolic OH excluding ortho intramolecular Hbond substituents is 1. The molecule has 24 heavy (non-hydrogen) atoms. The van der Waals surface area contributed by atoms with Crippen molar-refractivity contribution >= 4 is 17.2 Å². The molecular weight excluding hydrogens is 310 g/mol. The fourth-order valence-electron chi connectivity index (χ4n) is 2.56. The average molecular weight is 331 g/mol. The second kappa shape index (κ2) is 7.81. The Morgan fingerprint density at radius 3 is 2.42 bits per heavy atom. The predicted molar refractivity (Wildman–Crippen MR) is 91.9 cm³/mol. The Morgan fingerprint density at radius 2 is 1.83 bits per heavy atom. The Labute approximate surface area is 140 Å². The fourth-order valence-corrected chi connectivity index (χ4v) is 2.56. The molecule has 0 fully saturated rings. The molecule has 0 saturated heterocycles. The molecule has 0 saturated carbocycles. The number of ketones is 1. The summed E-state index contributed by atoms with van der Waals surface area (Å²) in [7, 11) is 0. The van der Waals surface area contributed by atoms with E-state index in [2.05, 4.69) is 6.58 Å². The van der Waals surface area contributed by atoms with Gasteiger partial charge in [-0.25, -0.2) is 0 Å². The third kappa shape index (κ3) is 3.84. The lowest BCUT2D eigenvalue weighted by Crippen LogP contribution is -2.29. The normalized spacial score (nSPS) is 16.4. The minimum Gasteiger partial charge on any atom is -0.507 e. The number of allylic oxidation sites excluding steroid dienone is 4. The van der Waals surface area contributed by atoms with Crippen LogP contribution in [0.4, 0.5) is 5.69 Å². The molecule has 0 atom stereocenters. The first-order chi connectivity index (χ1) is 11.5. The number of anilines is 1. The van der Waals surface area contributed by atoms with Crippen LogP contribution in [0.3, 0.4) is 0 Å². The van der Waals surface area contributed by atoms with E-state index in [9.17, 15) is 15.0 Å². The second-order valence-electron chi connectivity index (χ2n) is 5.50. The zero-order chi connectivity index (χ0) is 17.7. The van der Waals surface area contributed by atoms with Crippen LogP contribution >= 0.6 is 0 Å². The molecule has 1 aromatic rings. The van der Waals surface area contributed by atoms with E-state index in [-0.39, 0.29) is 48.1 Å². The van der Waals surface area contributed by atoms with Crippen molar-refractivity contribution in [1.82, 2.24) is 0 Å². The molecule has 0 heterocycles. The lowest BCUT2D eigenvalue weighted by Gasteiger charge is -2.23. The van der Waals surface area contributed by atoms with Crippen LogP contribution in [-0.4, -0.2) is 52.5 Å². The third-order valence-electron chi connectivity index (χ3n) is 3.80. The number of rotatable bonds is 6. The molecule has 1 aliphatic rings. The summed E-state index contributed by atoms with van der Waals surface area (Å²) in [5, 5.41) is 38.8. The molecule has 0 aromatic heterocycles. The van der Waals surface area contributed by atoms with Gasteiger partial charge in [0.2, 0.25) is 0 Å². The van der Waals surface area contributed by atoms with E-state index in [1.165, 1.54) is 18.2 Å². The Balaban J connectivity index is 2.37. The molecule has 0 unspecified atom stereocenters. The molecule has 6 heteroatoms. The molecule has 0 aliphatic heterocycles. The number of hydrogen-bond acceptors (Lipinski definition) is 6. The van der Waals surface area contributed by atoms with Crippen molar-refractivity contribution in [3.05, 3.63) is 53.6 Å². The maximum absolute atomic E-state index is 11.9. The topological polar surface area (TPSA) is 101 Å². The van der Waals surface area contributed by atoms with E-state index in [0.717, 1.165) is 0 Å². The Morgan fingerprint density at radius 1 is 1.17 bits per heavy atom.